The van der Waals surface area contributed by atoms with Crippen LogP contribution in [0.1, 0.15) is 35.8 Å². The molecule has 1 fully saturated rings. The van der Waals surface area contributed by atoms with Crippen molar-refractivity contribution in [2.75, 3.05) is 45.7 Å². The first-order valence-corrected chi connectivity index (χ1v) is 12.4. The van der Waals surface area contributed by atoms with Crippen molar-refractivity contribution in [1.29, 1.82) is 0 Å². The lowest BCUT2D eigenvalue weighted by atomic mass is 9.79. The second kappa shape index (κ2) is 10.5. The van der Waals surface area contributed by atoms with Gasteiger partial charge in [0.1, 0.15) is 11.9 Å². The number of nitrogens with zero attached hydrogens (tertiary/aromatic N) is 2. The van der Waals surface area contributed by atoms with Crippen LogP contribution in [-0.2, 0) is 5.54 Å². The highest BCUT2D eigenvalue weighted by Crippen LogP contribution is 2.41. The van der Waals surface area contributed by atoms with Crippen LogP contribution in [0.3, 0.4) is 0 Å². The molecule has 0 saturated carbocycles. The fraction of sp³-hybridized carbons (Fsp3) is 0.407. The van der Waals surface area contributed by atoms with Crippen molar-refractivity contribution in [3.63, 3.8) is 0 Å². The Hall–Kier alpha value is -2.34. The highest BCUT2D eigenvalue weighted by molar-refractivity contribution is 7.10. The minimum absolute atomic E-state index is 0.0681. The van der Waals surface area contributed by atoms with E-state index in [4.69, 9.17) is 4.74 Å². The third kappa shape index (κ3) is 4.85. The summed E-state index contributed by atoms with van der Waals surface area (Å²) in [5, 5.41) is 5.40. The normalized spacial score (nSPS) is 16.8. The third-order valence-corrected chi connectivity index (χ3v) is 7.71. The molecule has 2 aromatic carbocycles. The van der Waals surface area contributed by atoms with E-state index in [-0.39, 0.29) is 11.6 Å². The highest BCUT2D eigenvalue weighted by atomic mass is 32.1. The fourth-order valence-electron chi connectivity index (χ4n) is 4.84. The summed E-state index contributed by atoms with van der Waals surface area (Å²) in [7, 11) is 6.43. The third-order valence-electron chi connectivity index (χ3n) is 6.75. The van der Waals surface area contributed by atoms with Crippen molar-refractivity contribution in [2.24, 2.45) is 0 Å². The van der Waals surface area contributed by atoms with Gasteiger partial charge >= 0.3 is 0 Å². The lowest BCUT2D eigenvalue weighted by molar-refractivity contribution is 0.115. The maximum Gasteiger partial charge on any atom is 0.143 e. The molecule has 5 heteroatoms. The first-order valence-electron chi connectivity index (χ1n) is 11.6. The number of nitrogens with one attached hydrogen (secondary N) is 1. The van der Waals surface area contributed by atoms with Crippen LogP contribution in [0, 0.1) is 0 Å². The molecule has 1 aliphatic rings. The van der Waals surface area contributed by atoms with Gasteiger partial charge < -0.3 is 15.0 Å². The average molecular weight is 450 g/mol. The zero-order valence-corrected chi connectivity index (χ0v) is 20.3. The second-order valence-corrected chi connectivity index (χ2v) is 9.74. The van der Waals surface area contributed by atoms with E-state index in [1.807, 2.05) is 7.05 Å². The van der Waals surface area contributed by atoms with Crippen LogP contribution >= 0.6 is 11.3 Å². The molecule has 4 nitrogen and oxygen atoms in total. The van der Waals surface area contributed by atoms with Gasteiger partial charge in [0.05, 0.1) is 5.69 Å². The van der Waals surface area contributed by atoms with Crippen molar-refractivity contribution in [2.45, 2.75) is 30.9 Å². The van der Waals surface area contributed by atoms with E-state index in [1.165, 1.54) is 16.1 Å². The Morgan fingerprint density at radius 1 is 1.00 bits per heavy atom. The van der Waals surface area contributed by atoms with Gasteiger partial charge in [-0.3, -0.25) is 4.90 Å². The van der Waals surface area contributed by atoms with E-state index in [1.54, 1.807) is 11.3 Å². The second-order valence-electron chi connectivity index (χ2n) is 8.76. The van der Waals surface area contributed by atoms with Crippen molar-refractivity contribution in [1.82, 2.24) is 10.2 Å². The standard InChI is InChI=1S/C27H35N3OS/c1-28-18-15-25(26-14-9-21-32-26)31-24-13-8-7-12-23(24)30-19-16-27(17-20-30,29(2)3)22-10-5-4-6-11-22/h4-14,21,25,28H,15-20H2,1-3H3/t25-/m1/s1. The summed E-state index contributed by atoms with van der Waals surface area (Å²) in [6, 6.07) is 23.8. The highest BCUT2D eigenvalue weighted by Gasteiger charge is 2.38. The molecule has 1 aromatic heterocycles. The minimum atomic E-state index is 0.0681. The van der Waals surface area contributed by atoms with E-state index in [0.29, 0.717) is 0 Å². The fourth-order valence-corrected chi connectivity index (χ4v) is 5.63. The van der Waals surface area contributed by atoms with Crippen molar-refractivity contribution in [3.05, 3.63) is 82.6 Å². The van der Waals surface area contributed by atoms with Gasteiger partial charge in [-0.05, 0) is 69.7 Å². The molecule has 2 heterocycles. The summed E-state index contributed by atoms with van der Waals surface area (Å²) >= 11 is 1.77. The van der Waals surface area contributed by atoms with E-state index in [9.17, 15) is 0 Å². The van der Waals surface area contributed by atoms with Gasteiger partial charge in [0, 0.05) is 29.9 Å². The molecule has 0 aliphatic carbocycles. The Labute approximate surface area is 196 Å². The van der Waals surface area contributed by atoms with Crippen LogP contribution < -0.4 is 15.0 Å². The topological polar surface area (TPSA) is 27.7 Å². The molecule has 1 saturated heterocycles. The molecule has 170 valence electrons. The molecule has 0 bridgehead atoms. The molecule has 1 aliphatic heterocycles. The number of para-hydroxylation sites is 2. The number of rotatable bonds is 9. The van der Waals surface area contributed by atoms with Gasteiger partial charge in [0.25, 0.3) is 0 Å². The van der Waals surface area contributed by atoms with E-state index >= 15 is 0 Å². The monoisotopic (exact) mass is 449 g/mol. The van der Waals surface area contributed by atoms with Gasteiger partial charge in [-0.15, -0.1) is 11.3 Å². The lowest BCUT2D eigenvalue weighted by Gasteiger charge is -2.47. The number of ether oxygens (including phenoxy) is 1. The zero-order chi connectivity index (χ0) is 22.4. The van der Waals surface area contributed by atoms with Crippen molar-refractivity contribution in [3.8, 4) is 5.75 Å². The smallest absolute Gasteiger partial charge is 0.143 e. The van der Waals surface area contributed by atoms with Gasteiger partial charge in [-0.2, -0.15) is 0 Å². The Bertz CT molecular complexity index is 950. The number of hydrogen-bond donors (Lipinski definition) is 1. The predicted octanol–water partition coefficient (Wildman–Crippen LogP) is 5.54. The first kappa shape index (κ1) is 22.8. The van der Waals surface area contributed by atoms with Crippen molar-refractivity contribution < 1.29 is 4.74 Å². The molecular formula is C27H35N3OS. The van der Waals surface area contributed by atoms with Gasteiger partial charge in [-0.25, -0.2) is 0 Å². The Kier molecular flexibility index (Phi) is 7.51. The molecule has 0 amide bonds. The maximum absolute atomic E-state index is 6.65. The SMILES string of the molecule is CNCC[C@@H](Oc1ccccc1N1CCC(c2ccccc2)(N(C)C)CC1)c1cccs1. The van der Waals surface area contributed by atoms with Gasteiger partial charge in [0.2, 0.25) is 0 Å². The lowest BCUT2D eigenvalue weighted by Crippen LogP contribution is -2.50. The van der Waals surface area contributed by atoms with Crippen LogP contribution in [-0.4, -0.2) is 45.7 Å². The van der Waals surface area contributed by atoms with E-state index in [0.717, 1.165) is 44.6 Å². The number of thiophene rings is 1. The molecule has 4 rings (SSSR count). The predicted molar refractivity (Wildman–Crippen MR) is 136 cm³/mol. The van der Waals surface area contributed by atoms with Gasteiger partial charge in [-0.1, -0.05) is 48.5 Å². The minimum Gasteiger partial charge on any atom is -0.483 e. The van der Waals surface area contributed by atoms with E-state index < -0.39 is 0 Å². The number of benzene rings is 2. The largest absolute Gasteiger partial charge is 0.483 e. The maximum atomic E-state index is 6.65. The van der Waals surface area contributed by atoms with Crippen LogP contribution in [0.5, 0.6) is 5.75 Å². The van der Waals surface area contributed by atoms with Crippen LogP contribution in [0.2, 0.25) is 0 Å². The Morgan fingerprint density at radius 2 is 1.72 bits per heavy atom. The number of hydrogen-bond acceptors (Lipinski definition) is 5. The zero-order valence-electron chi connectivity index (χ0n) is 19.5. The number of anilines is 1. The summed E-state index contributed by atoms with van der Waals surface area (Å²) in [6.07, 6.45) is 3.20. The molecule has 0 radical (unpaired) electrons. The average Bonchev–Trinajstić information content (AvgIpc) is 3.37. The summed E-state index contributed by atoms with van der Waals surface area (Å²) in [4.78, 5) is 6.19. The summed E-state index contributed by atoms with van der Waals surface area (Å²) in [5.41, 5.74) is 2.71. The molecule has 0 unspecified atom stereocenters. The quantitative estimate of drug-likeness (QED) is 0.464. The summed E-state index contributed by atoms with van der Waals surface area (Å²) in [6.45, 7) is 2.94. The first-order chi connectivity index (χ1) is 15.6. The summed E-state index contributed by atoms with van der Waals surface area (Å²) in [5.74, 6) is 0.985. The molecule has 32 heavy (non-hydrogen) atoms. The Balaban J connectivity index is 1.53. The number of piperidine rings is 1. The van der Waals surface area contributed by atoms with Crippen molar-refractivity contribution >= 4 is 17.0 Å². The van der Waals surface area contributed by atoms with Gasteiger partial charge in [0.15, 0.2) is 0 Å². The van der Waals surface area contributed by atoms with Crippen LogP contribution in [0.15, 0.2) is 72.1 Å². The molecule has 1 N–H and O–H groups in total. The molecule has 3 aromatic rings. The van der Waals surface area contributed by atoms with Crippen LogP contribution in [0.4, 0.5) is 5.69 Å². The molecule has 0 spiro atoms. The van der Waals surface area contributed by atoms with E-state index in [2.05, 4.69) is 101 Å². The Morgan fingerprint density at radius 3 is 2.38 bits per heavy atom. The van der Waals surface area contributed by atoms with Crippen LogP contribution in [0.25, 0.3) is 0 Å². The molecular weight excluding hydrogens is 414 g/mol. The summed E-state index contributed by atoms with van der Waals surface area (Å²) < 4.78 is 6.65. The molecule has 1 atom stereocenters.